The summed E-state index contributed by atoms with van der Waals surface area (Å²) < 4.78 is 27.0. The van der Waals surface area contributed by atoms with Gasteiger partial charge in [0, 0.05) is 26.2 Å². The van der Waals surface area contributed by atoms with Crippen LogP contribution in [0.15, 0.2) is 0 Å². The van der Waals surface area contributed by atoms with Gasteiger partial charge in [-0.2, -0.15) is 12.7 Å². The van der Waals surface area contributed by atoms with Crippen molar-refractivity contribution in [2.75, 3.05) is 26.7 Å². The number of hydrogen-bond acceptors (Lipinski definition) is 3. The van der Waals surface area contributed by atoms with Crippen molar-refractivity contribution in [2.24, 2.45) is 0 Å². The van der Waals surface area contributed by atoms with Gasteiger partial charge in [-0.1, -0.05) is 13.3 Å². The summed E-state index contributed by atoms with van der Waals surface area (Å²) in [6.45, 7) is 3.95. The highest BCUT2D eigenvalue weighted by molar-refractivity contribution is 7.87. The molecule has 1 unspecified atom stereocenters. The van der Waals surface area contributed by atoms with E-state index >= 15 is 0 Å². The van der Waals surface area contributed by atoms with Crippen molar-refractivity contribution in [1.29, 1.82) is 0 Å². The van der Waals surface area contributed by atoms with Crippen molar-refractivity contribution in [3.05, 3.63) is 0 Å². The molecule has 1 aliphatic heterocycles. The molecule has 1 aliphatic rings. The van der Waals surface area contributed by atoms with Crippen LogP contribution in [0.1, 0.15) is 26.2 Å². The van der Waals surface area contributed by atoms with E-state index in [4.69, 9.17) is 0 Å². The third-order valence-corrected chi connectivity index (χ3v) is 4.39. The fourth-order valence-corrected chi connectivity index (χ4v) is 2.83. The number of nitrogens with zero attached hydrogens (tertiary/aromatic N) is 1. The minimum Gasteiger partial charge on any atom is -0.313 e. The molecule has 6 heteroatoms. The van der Waals surface area contributed by atoms with Crippen LogP contribution < -0.4 is 10.0 Å². The molecule has 1 fully saturated rings. The highest BCUT2D eigenvalue weighted by atomic mass is 32.2. The Kier molecular flexibility index (Phi) is 4.98. The van der Waals surface area contributed by atoms with Gasteiger partial charge in [0.25, 0.3) is 10.2 Å². The van der Waals surface area contributed by atoms with E-state index in [-0.39, 0.29) is 0 Å². The Morgan fingerprint density at radius 2 is 2.20 bits per heavy atom. The topological polar surface area (TPSA) is 61.4 Å². The molecule has 1 atom stereocenters. The van der Waals surface area contributed by atoms with Gasteiger partial charge in [0.15, 0.2) is 0 Å². The third-order valence-electron chi connectivity index (χ3n) is 2.79. The molecule has 15 heavy (non-hydrogen) atoms. The molecule has 0 spiro atoms. The summed E-state index contributed by atoms with van der Waals surface area (Å²) in [6, 6.07) is 0.307. The molecule has 1 rings (SSSR count). The first-order valence-corrected chi connectivity index (χ1v) is 6.96. The molecule has 0 radical (unpaired) electrons. The third kappa shape index (κ3) is 3.71. The van der Waals surface area contributed by atoms with Crippen molar-refractivity contribution in [1.82, 2.24) is 14.3 Å². The van der Waals surface area contributed by atoms with Crippen molar-refractivity contribution in [3.63, 3.8) is 0 Å². The van der Waals surface area contributed by atoms with Gasteiger partial charge in [-0.3, -0.25) is 0 Å². The summed E-state index contributed by atoms with van der Waals surface area (Å²) in [5.41, 5.74) is 0. The Bertz CT molecular complexity index is 273. The van der Waals surface area contributed by atoms with Crippen molar-refractivity contribution in [3.8, 4) is 0 Å². The van der Waals surface area contributed by atoms with E-state index in [0.29, 0.717) is 19.1 Å². The average molecular weight is 235 g/mol. The predicted molar refractivity (Wildman–Crippen MR) is 60.9 cm³/mol. The minimum absolute atomic E-state index is 0.307. The first kappa shape index (κ1) is 12.9. The smallest absolute Gasteiger partial charge is 0.279 e. The Balaban J connectivity index is 2.52. The summed E-state index contributed by atoms with van der Waals surface area (Å²) >= 11 is 0. The quantitative estimate of drug-likeness (QED) is 0.700. The molecule has 0 aromatic rings. The maximum absolute atomic E-state index is 11.6. The Morgan fingerprint density at radius 1 is 1.47 bits per heavy atom. The van der Waals surface area contributed by atoms with Crippen molar-refractivity contribution in [2.45, 2.75) is 32.2 Å². The van der Waals surface area contributed by atoms with Crippen LogP contribution in [-0.4, -0.2) is 45.4 Å². The monoisotopic (exact) mass is 235 g/mol. The lowest BCUT2D eigenvalue weighted by atomic mass is 10.1. The fraction of sp³-hybridized carbons (Fsp3) is 1.00. The molecule has 5 nitrogen and oxygen atoms in total. The Hall–Kier alpha value is -0.170. The summed E-state index contributed by atoms with van der Waals surface area (Å²) in [7, 11) is -1.82. The number of hydrogen-bond donors (Lipinski definition) is 2. The van der Waals surface area contributed by atoms with Gasteiger partial charge in [0.1, 0.15) is 0 Å². The summed E-state index contributed by atoms with van der Waals surface area (Å²) in [4.78, 5) is 0. The predicted octanol–water partition coefficient (Wildman–Crippen LogP) is -0.0854. The number of nitrogens with one attached hydrogen (secondary N) is 2. The lowest BCUT2D eigenvalue weighted by Crippen LogP contribution is -2.48. The van der Waals surface area contributed by atoms with Gasteiger partial charge in [0.2, 0.25) is 0 Å². The summed E-state index contributed by atoms with van der Waals surface area (Å²) in [5.74, 6) is 0. The molecule has 90 valence electrons. The van der Waals surface area contributed by atoms with E-state index < -0.39 is 10.2 Å². The van der Waals surface area contributed by atoms with Gasteiger partial charge >= 0.3 is 0 Å². The second-order valence-electron chi connectivity index (χ2n) is 3.81. The lowest BCUT2D eigenvalue weighted by Gasteiger charge is -2.28. The molecule has 0 aromatic carbocycles. The second-order valence-corrected chi connectivity index (χ2v) is 5.68. The largest absolute Gasteiger partial charge is 0.313 e. The van der Waals surface area contributed by atoms with Crippen LogP contribution >= 0.6 is 0 Å². The standard InChI is InChI=1S/C9H21N3O2S/c1-3-12(15(13,14)10-2)8-9-6-4-5-7-11-9/h9-11H,3-8H2,1-2H3. The van der Waals surface area contributed by atoms with Gasteiger partial charge in [-0.15, -0.1) is 0 Å². The van der Waals surface area contributed by atoms with Crippen molar-refractivity contribution >= 4 is 10.2 Å². The van der Waals surface area contributed by atoms with Crippen LogP contribution in [0.2, 0.25) is 0 Å². The van der Waals surface area contributed by atoms with Crippen molar-refractivity contribution < 1.29 is 8.42 Å². The molecule has 2 N–H and O–H groups in total. The molecule has 1 heterocycles. The molecule has 0 aromatic heterocycles. The molecule has 0 saturated carbocycles. The highest BCUT2D eigenvalue weighted by Gasteiger charge is 2.23. The van der Waals surface area contributed by atoms with Crippen LogP contribution in [0.5, 0.6) is 0 Å². The van der Waals surface area contributed by atoms with Crippen LogP contribution in [0, 0.1) is 0 Å². The Morgan fingerprint density at radius 3 is 2.67 bits per heavy atom. The lowest BCUT2D eigenvalue weighted by molar-refractivity contribution is 0.317. The van der Waals surface area contributed by atoms with E-state index in [1.165, 1.54) is 24.2 Å². The summed E-state index contributed by atoms with van der Waals surface area (Å²) in [5, 5.41) is 3.35. The summed E-state index contributed by atoms with van der Waals surface area (Å²) in [6.07, 6.45) is 3.45. The highest BCUT2D eigenvalue weighted by Crippen LogP contribution is 2.09. The van der Waals surface area contributed by atoms with E-state index in [9.17, 15) is 8.42 Å². The first-order valence-electron chi connectivity index (χ1n) is 5.52. The molecule has 0 aliphatic carbocycles. The maximum atomic E-state index is 11.6. The van der Waals surface area contributed by atoms with E-state index in [1.54, 1.807) is 0 Å². The molecule has 1 saturated heterocycles. The van der Waals surface area contributed by atoms with Crippen LogP contribution in [-0.2, 0) is 10.2 Å². The van der Waals surface area contributed by atoms with Gasteiger partial charge in [-0.05, 0) is 19.4 Å². The Labute approximate surface area is 92.4 Å². The van der Waals surface area contributed by atoms with E-state index in [1.807, 2.05) is 6.92 Å². The van der Waals surface area contributed by atoms with Crippen LogP contribution in [0.4, 0.5) is 0 Å². The zero-order valence-corrected chi connectivity index (χ0v) is 10.3. The second kappa shape index (κ2) is 5.79. The number of rotatable bonds is 5. The van der Waals surface area contributed by atoms with Gasteiger partial charge in [0.05, 0.1) is 0 Å². The van der Waals surface area contributed by atoms with Gasteiger partial charge in [-0.25, -0.2) is 4.72 Å². The fourth-order valence-electron chi connectivity index (χ4n) is 1.85. The zero-order chi connectivity index (χ0) is 11.3. The zero-order valence-electron chi connectivity index (χ0n) is 9.49. The normalized spacial score (nSPS) is 23.3. The van der Waals surface area contributed by atoms with E-state index in [2.05, 4.69) is 10.0 Å². The average Bonchev–Trinajstić information content (AvgIpc) is 2.27. The minimum atomic E-state index is -3.27. The van der Waals surface area contributed by atoms with E-state index in [0.717, 1.165) is 13.0 Å². The molecule has 0 bridgehead atoms. The number of likely N-dealkylation sites (N-methyl/N-ethyl adjacent to an activating group) is 1. The number of piperidine rings is 1. The first-order chi connectivity index (χ1) is 7.10. The van der Waals surface area contributed by atoms with Crippen LogP contribution in [0.25, 0.3) is 0 Å². The molecular formula is C9H21N3O2S. The maximum Gasteiger partial charge on any atom is 0.279 e. The van der Waals surface area contributed by atoms with Crippen LogP contribution in [0.3, 0.4) is 0 Å². The van der Waals surface area contributed by atoms with Gasteiger partial charge < -0.3 is 5.32 Å². The molecule has 0 amide bonds. The molecular weight excluding hydrogens is 214 g/mol. The SMILES string of the molecule is CCN(CC1CCCCN1)S(=O)(=O)NC.